The van der Waals surface area contributed by atoms with Gasteiger partial charge in [-0.3, -0.25) is 4.79 Å². The van der Waals surface area contributed by atoms with Crippen LogP contribution in [0.15, 0.2) is 29.2 Å². The Morgan fingerprint density at radius 1 is 1.36 bits per heavy atom. The van der Waals surface area contributed by atoms with Gasteiger partial charge in [0, 0.05) is 18.0 Å². The number of hydrogen-bond acceptors (Lipinski definition) is 6. The van der Waals surface area contributed by atoms with Crippen LogP contribution in [0.1, 0.15) is 26.2 Å². The summed E-state index contributed by atoms with van der Waals surface area (Å²) < 4.78 is 33.3. The van der Waals surface area contributed by atoms with Crippen molar-refractivity contribution in [3.63, 3.8) is 0 Å². The van der Waals surface area contributed by atoms with Gasteiger partial charge in [-0.1, -0.05) is 42.6 Å². The lowest BCUT2D eigenvalue weighted by Crippen LogP contribution is -2.36. The number of benzene rings is 1. The van der Waals surface area contributed by atoms with E-state index < -0.39 is 22.1 Å². The highest BCUT2D eigenvalue weighted by atomic mass is 35.5. The van der Waals surface area contributed by atoms with Crippen LogP contribution in [0.5, 0.6) is 0 Å². The molecule has 1 aliphatic heterocycles. The van der Waals surface area contributed by atoms with Gasteiger partial charge in [0.2, 0.25) is 10.0 Å². The number of hydrogen-bond donors (Lipinski definition) is 2. The average molecular weight is 446 g/mol. The Kier molecular flexibility index (Phi) is 6.77. The Morgan fingerprint density at radius 2 is 2.14 bits per heavy atom. The number of sulfonamides is 1. The lowest BCUT2D eigenvalue weighted by atomic mass is 10.2. The number of nitrogens with zero attached hydrogens (tertiary/aromatic N) is 1. The van der Waals surface area contributed by atoms with Crippen LogP contribution in [0.2, 0.25) is 10.3 Å². The van der Waals surface area contributed by atoms with Crippen molar-refractivity contribution in [1.29, 1.82) is 0 Å². The lowest BCUT2D eigenvalue weighted by Gasteiger charge is -2.13. The Labute approximate surface area is 173 Å². The fraction of sp³-hybridized carbons (Fsp3) is 0.444. The van der Waals surface area contributed by atoms with E-state index in [1.54, 1.807) is 12.1 Å². The van der Waals surface area contributed by atoms with Crippen molar-refractivity contribution >= 4 is 50.0 Å². The van der Waals surface area contributed by atoms with E-state index in [0.29, 0.717) is 30.3 Å². The highest BCUT2D eigenvalue weighted by Gasteiger charge is 2.33. The zero-order valence-corrected chi connectivity index (χ0v) is 17.6. The fourth-order valence-corrected chi connectivity index (χ4v) is 4.81. The molecule has 10 heteroatoms. The molecule has 0 saturated carbocycles. The normalized spacial score (nSPS) is 19.8. The van der Waals surface area contributed by atoms with Gasteiger partial charge in [0.1, 0.15) is 16.3 Å². The van der Waals surface area contributed by atoms with Crippen LogP contribution in [0, 0.1) is 0 Å². The number of rotatable bonds is 7. The van der Waals surface area contributed by atoms with Crippen LogP contribution in [-0.4, -0.2) is 44.6 Å². The third-order valence-electron chi connectivity index (χ3n) is 4.52. The van der Waals surface area contributed by atoms with Gasteiger partial charge in [-0.15, -0.1) is 0 Å². The molecular formula is C18H21Cl2N3O4S. The predicted octanol–water partition coefficient (Wildman–Crippen LogP) is 2.89. The van der Waals surface area contributed by atoms with Crippen LogP contribution in [-0.2, 0) is 19.6 Å². The van der Waals surface area contributed by atoms with Gasteiger partial charge in [0.25, 0.3) is 0 Å². The van der Waals surface area contributed by atoms with Crippen LogP contribution < -0.4 is 10.0 Å². The van der Waals surface area contributed by atoms with E-state index in [2.05, 4.69) is 15.0 Å². The van der Waals surface area contributed by atoms with Gasteiger partial charge in [-0.05, 0) is 36.4 Å². The van der Waals surface area contributed by atoms with E-state index in [9.17, 15) is 13.2 Å². The average Bonchev–Trinajstić information content (AvgIpc) is 3.09. The van der Waals surface area contributed by atoms with E-state index in [1.165, 1.54) is 12.1 Å². The minimum absolute atomic E-state index is 0.0694. The van der Waals surface area contributed by atoms with Crippen molar-refractivity contribution in [3.8, 4) is 0 Å². The lowest BCUT2D eigenvalue weighted by molar-refractivity contribution is -0.145. The van der Waals surface area contributed by atoms with E-state index in [0.717, 1.165) is 12.8 Å². The molecule has 1 unspecified atom stereocenters. The van der Waals surface area contributed by atoms with Gasteiger partial charge in [-0.25, -0.2) is 18.1 Å². The second-order valence-electron chi connectivity index (χ2n) is 6.65. The highest BCUT2D eigenvalue weighted by molar-refractivity contribution is 7.89. The zero-order valence-electron chi connectivity index (χ0n) is 15.2. The molecule has 3 rings (SSSR count). The molecule has 1 aliphatic rings. The largest absolute Gasteiger partial charge is 0.465 e. The maximum Gasteiger partial charge on any atom is 0.323 e. The number of ether oxygens (including phenoxy) is 1. The SMILES string of the molecule is CCCCOC(=O)[C@@H]1CC(NS(=O)(=O)c2ccc3cc(Cl)nc(Cl)c3c2)CN1. The van der Waals surface area contributed by atoms with Gasteiger partial charge in [0.05, 0.1) is 11.5 Å². The Balaban J connectivity index is 1.69. The Hall–Kier alpha value is -1.45. The predicted molar refractivity (Wildman–Crippen MR) is 108 cm³/mol. The van der Waals surface area contributed by atoms with E-state index >= 15 is 0 Å². The number of carbonyl (C=O) groups excluding carboxylic acids is 1. The number of aromatic nitrogens is 1. The highest BCUT2D eigenvalue weighted by Crippen LogP contribution is 2.27. The van der Waals surface area contributed by atoms with E-state index in [1.807, 2.05) is 6.92 Å². The third kappa shape index (κ3) is 4.93. The number of carbonyl (C=O) groups is 1. The van der Waals surface area contributed by atoms with Gasteiger partial charge < -0.3 is 10.1 Å². The summed E-state index contributed by atoms with van der Waals surface area (Å²) in [5.41, 5.74) is 0. The minimum Gasteiger partial charge on any atom is -0.465 e. The summed E-state index contributed by atoms with van der Waals surface area (Å²) >= 11 is 12.0. The fourth-order valence-electron chi connectivity index (χ4n) is 3.03. The van der Waals surface area contributed by atoms with Gasteiger partial charge >= 0.3 is 5.97 Å². The quantitative estimate of drug-likeness (QED) is 0.386. The van der Waals surface area contributed by atoms with Crippen molar-refractivity contribution in [3.05, 3.63) is 34.6 Å². The first-order valence-corrected chi connectivity index (χ1v) is 11.2. The second kappa shape index (κ2) is 8.92. The topological polar surface area (TPSA) is 97.4 Å². The summed E-state index contributed by atoms with van der Waals surface area (Å²) in [6, 6.07) is 5.26. The molecule has 1 aromatic heterocycles. The van der Waals surface area contributed by atoms with Crippen LogP contribution in [0.4, 0.5) is 0 Å². The molecule has 28 heavy (non-hydrogen) atoms. The summed E-state index contributed by atoms with van der Waals surface area (Å²) in [7, 11) is -3.79. The molecule has 0 radical (unpaired) electrons. The van der Waals surface area contributed by atoms with Crippen LogP contribution in [0.25, 0.3) is 10.8 Å². The number of esters is 1. The summed E-state index contributed by atoms with van der Waals surface area (Å²) in [6.45, 7) is 2.73. The first kappa shape index (κ1) is 21.3. The first-order chi connectivity index (χ1) is 13.3. The molecule has 1 aromatic carbocycles. The van der Waals surface area contributed by atoms with Crippen molar-refractivity contribution in [2.24, 2.45) is 0 Å². The van der Waals surface area contributed by atoms with E-state index in [4.69, 9.17) is 27.9 Å². The molecule has 152 valence electrons. The molecule has 2 heterocycles. The molecule has 2 aromatic rings. The van der Waals surface area contributed by atoms with Crippen molar-refractivity contribution in [1.82, 2.24) is 15.0 Å². The molecule has 0 spiro atoms. The first-order valence-electron chi connectivity index (χ1n) is 8.98. The maximum absolute atomic E-state index is 12.8. The number of unbranched alkanes of at least 4 members (excludes halogenated alkanes) is 1. The van der Waals surface area contributed by atoms with Crippen molar-refractivity contribution in [2.45, 2.75) is 43.2 Å². The molecule has 0 amide bonds. The summed E-state index contributed by atoms with van der Waals surface area (Å²) in [4.78, 5) is 16.0. The molecule has 0 aliphatic carbocycles. The molecule has 1 saturated heterocycles. The monoisotopic (exact) mass is 445 g/mol. The number of halogens is 2. The molecular weight excluding hydrogens is 425 g/mol. The zero-order chi connectivity index (χ0) is 20.3. The van der Waals surface area contributed by atoms with E-state index in [-0.39, 0.29) is 21.2 Å². The number of pyridine rings is 1. The van der Waals surface area contributed by atoms with Crippen molar-refractivity contribution < 1.29 is 17.9 Å². The van der Waals surface area contributed by atoms with Gasteiger partial charge in [0.15, 0.2) is 0 Å². The number of fused-ring (bicyclic) bond motifs is 1. The Bertz CT molecular complexity index is 984. The molecule has 1 fully saturated rings. The maximum atomic E-state index is 12.8. The third-order valence-corrected chi connectivity index (χ3v) is 6.52. The molecule has 7 nitrogen and oxygen atoms in total. The number of nitrogens with one attached hydrogen (secondary N) is 2. The standard InChI is InChI=1S/C18H21Cl2N3O4S/c1-2-3-6-27-18(24)15-8-12(10-21-15)23-28(25,26)13-5-4-11-7-16(19)22-17(20)14(11)9-13/h4-5,7,9,12,15,21,23H,2-3,6,8,10H2,1H3/t12?,15-/m0/s1. The molecule has 2 N–H and O–H groups in total. The summed E-state index contributed by atoms with van der Waals surface area (Å²) in [5, 5.41) is 4.57. The Morgan fingerprint density at radius 3 is 2.89 bits per heavy atom. The van der Waals surface area contributed by atoms with Crippen molar-refractivity contribution in [2.75, 3.05) is 13.2 Å². The smallest absolute Gasteiger partial charge is 0.323 e. The van der Waals surface area contributed by atoms with Crippen LogP contribution >= 0.6 is 23.2 Å². The summed E-state index contributed by atoms with van der Waals surface area (Å²) in [6.07, 6.45) is 2.07. The van der Waals surface area contributed by atoms with Crippen LogP contribution in [0.3, 0.4) is 0 Å². The van der Waals surface area contributed by atoms with Gasteiger partial charge in [-0.2, -0.15) is 0 Å². The molecule has 0 bridgehead atoms. The minimum atomic E-state index is -3.79. The summed E-state index contributed by atoms with van der Waals surface area (Å²) in [5.74, 6) is -0.351. The second-order valence-corrected chi connectivity index (χ2v) is 9.11. The molecule has 2 atom stereocenters.